The van der Waals surface area contributed by atoms with Gasteiger partial charge in [-0.3, -0.25) is 14.2 Å². The van der Waals surface area contributed by atoms with Crippen LogP contribution in [0.4, 0.5) is 0 Å². The lowest BCUT2D eigenvalue weighted by Gasteiger charge is -2.28. The highest BCUT2D eigenvalue weighted by molar-refractivity contribution is 7.07. The van der Waals surface area contributed by atoms with E-state index in [2.05, 4.69) is 12.2 Å². The van der Waals surface area contributed by atoms with Crippen LogP contribution in [0.15, 0.2) is 10.2 Å². The molecule has 0 radical (unpaired) electrons. The first kappa shape index (κ1) is 16.2. The summed E-state index contributed by atoms with van der Waals surface area (Å²) in [5.74, 6) is 0.473. The van der Waals surface area contributed by atoms with Crippen molar-refractivity contribution in [1.29, 1.82) is 0 Å². The molecule has 0 unspecified atom stereocenters. The molecule has 0 aromatic carbocycles. The largest absolute Gasteiger partial charge is 0.376 e. The molecule has 5 nitrogen and oxygen atoms in total. The minimum atomic E-state index is -0.140. The fourth-order valence-electron chi connectivity index (χ4n) is 2.73. The van der Waals surface area contributed by atoms with Crippen molar-refractivity contribution >= 4 is 17.2 Å². The summed E-state index contributed by atoms with van der Waals surface area (Å²) in [5.41, 5.74) is 0.826. The molecule has 6 heteroatoms. The maximum atomic E-state index is 11.8. The normalized spacial score (nSPS) is 22.2. The number of nitrogens with zero attached hydrogens (tertiary/aromatic N) is 1. The zero-order valence-electron chi connectivity index (χ0n) is 12.8. The van der Waals surface area contributed by atoms with Crippen LogP contribution in [0.2, 0.25) is 0 Å². The second-order valence-electron chi connectivity index (χ2n) is 5.75. The highest BCUT2D eigenvalue weighted by Crippen LogP contribution is 2.25. The standard InChI is InChI=1S/C15H24N2O3S/c1-11-5-3-4-6-13(11)20-8-7-16-14(18)9-17-12(2)10-21-15(17)19/h10-11,13H,3-9H2,1-2H3,(H,16,18)/t11-,13+/m1/s1. The SMILES string of the molecule is Cc1csc(=O)n1CC(=O)NCCO[C@H]1CCCC[C@H]1C. The number of thiazole rings is 1. The van der Waals surface area contributed by atoms with Crippen molar-refractivity contribution in [2.75, 3.05) is 13.2 Å². The molecule has 1 aromatic rings. The number of nitrogens with one attached hydrogen (secondary N) is 1. The molecule has 1 aliphatic carbocycles. The third-order valence-corrected chi connectivity index (χ3v) is 4.95. The van der Waals surface area contributed by atoms with Gasteiger partial charge in [-0.25, -0.2) is 0 Å². The van der Waals surface area contributed by atoms with Crippen molar-refractivity contribution < 1.29 is 9.53 Å². The van der Waals surface area contributed by atoms with Gasteiger partial charge in [0, 0.05) is 17.6 Å². The summed E-state index contributed by atoms with van der Waals surface area (Å²) in [6.45, 7) is 5.19. The van der Waals surface area contributed by atoms with Crippen molar-refractivity contribution in [3.63, 3.8) is 0 Å². The Kier molecular flexibility index (Phi) is 5.99. The molecule has 0 spiro atoms. The first-order chi connectivity index (χ1) is 10.1. The van der Waals surface area contributed by atoms with Crippen molar-refractivity contribution in [1.82, 2.24) is 9.88 Å². The van der Waals surface area contributed by atoms with E-state index >= 15 is 0 Å². The molecule has 1 aromatic heterocycles. The number of hydrogen-bond acceptors (Lipinski definition) is 4. The summed E-state index contributed by atoms with van der Waals surface area (Å²) >= 11 is 1.12. The van der Waals surface area contributed by atoms with E-state index in [1.165, 1.54) is 23.8 Å². The van der Waals surface area contributed by atoms with Gasteiger partial charge in [-0.15, -0.1) is 0 Å². The number of rotatable bonds is 6. The van der Waals surface area contributed by atoms with Crippen molar-refractivity contribution in [2.24, 2.45) is 5.92 Å². The second-order valence-corrected chi connectivity index (χ2v) is 6.57. The Morgan fingerprint density at radius 2 is 2.24 bits per heavy atom. The minimum Gasteiger partial charge on any atom is -0.376 e. The van der Waals surface area contributed by atoms with Gasteiger partial charge in [0.1, 0.15) is 6.54 Å². The summed E-state index contributed by atoms with van der Waals surface area (Å²) in [5, 5.41) is 4.58. The highest BCUT2D eigenvalue weighted by Gasteiger charge is 2.21. The van der Waals surface area contributed by atoms with E-state index in [1.54, 1.807) is 5.38 Å². The van der Waals surface area contributed by atoms with Gasteiger partial charge >= 0.3 is 4.87 Å². The smallest absolute Gasteiger partial charge is 0.307 e. The molecule has 1 amide bonds. The van der Waals surface area contributed by atoms with E-state index in [9.17, 15) is 9.59 Å². The Hall–Kier alpha value is -1.14. The number of aryl methyl sites for hydroxylation is 1. The van der Waals surface area contributed by atoms with E-state index in [0.717, 1.165) is 23.5 Å². The number of carbonyl (C=O) groups excluding carboxylic acids is 1. The summed E-state index contributed by atoms with van der Waals surface area (Å²) in [6.07, 6.45) is 5.22. The molecule has 0 aliphatic heterocycles. The lowest BCUT2D eigenvalue weighted by atomic mass is 9.88. The zero-order chi connectivity index (χ0) is 15.2. The van der Waals surface area contributed by atoms with Crippen LogP contribution in [0, 0.1) is 12.8 Å². The van der Waals surface area contributed by atoms with Crippen LogP contribution in [0.3, 0.4) is 0 Å². The number of carbonyl (C=O) groups is 1. The quantitative estimate of drug-likeness (QED) is 0.817. The van der Waals surface area contributed by atoms with Crippen LogP contribution in [0.25, 0.3) is 0 Å². The van der Waals surface area contributed by atoms with Crippen LogP contribution >= 0.6 is 11.3 Å². The van der Waals surface area contributed by atoms with E-state index < -0.39 is 0 Å². The molecular formula is C15H24N2O3S. The first-order valence-corrected chi connectivity index (χ1v) is 8.49. The third-order valence-electron chi connectivity index (χ3n) is 4.07. The first-order valence-electron chi connectivity index (χ1n) is 7.61. The Labute approximate surface area is 129 Å². The van der Waals surface area contributed by atoms with Crippen molar-refractivity contribution in [3.05, 3.63) is 20.7 Å². The van der Waals surface area contributed by atoms with Crippen LogP contribution < -0.4 is 10.2 Å². The molecule has 0 bridgehead atoms. The number of hydrogen-bond donors (Lipinski definition) is 1. The molecule has 1 N–H and O–H groups in total. The predicted molar refractivity (Wildman–Crippen MR) is 83.7 cm³/mol. The van der Waals surface area contributed by atoms with Crippen LogP contribution in [0.5, 0.6) is 0 Å². The number of ether oxygens (including phenoxy) is 1. The Morgan fingerprint density at radius 1 is 1.48 bits per heavy atom. The van der Waals surface area contributed by atoms with Gasteiger partial charge in [0.15, 0.2) is 0 Å². The van der Waals surface area contributed by atoms with Gasteiger partial charge in [0.2, 0.25) is 5.91 Å². The fourth-order valence-corrected chi connectivity index (χ4v) is 3.46. The average Bonchev–Trinajstić information content (AvgIpc) is 2.77. The van der Waals surface area contributed by atoms with Crippen LogP contribution in [0.1, 0.15) is 38.3 Å². The molecule has 0 saturated heterocycles. The van der Waals surface area contributed by atoms with Crippen molar-refractivity contribution in [2.45, 2.75) is 52.2 Å². The van der Waals surface area contributed by atoms with Crippen molar-refractivity contribution in [3.8, 4) is 0 Å². The molecule has 1 heterocycles. The molecule has 1 saturated carbocycles. The van der Waals surface area contributed by atoms with Crippen LogP contribution in [-0.2, 0) is 16.1 Å². The lowest BCUT2D eigenvalue weighted by molar-refractivity contribution is -0.122. The Morgan fingerprint density at radius 3 is 2.90 bits per heavy atom. The van der Waals surface area contributed by atoms with E-state index in [-0.39, 0.29) is 17.3 Å². The maximum absolute atomic E-state index is 11.8. The molecule has 118 valence electrons. The highest BCUT2D eigenvalue weighted by atomic mass is 32.1. The maximum Gasteiger partial charge on any atom is 0.307 e. The Balaban J connectivity index is 1.66. The van der Waals surface area contributed by atoms with Gasteiger partial charge in [-0.1, -0.05) is 31.1 Å². The molecule has 21 heavy (non-hydrogen) atoms. The van der Waals surface area contributed by atoms with Gasteiger partial charge < -0.3 is 10.1 Å². The van der Waals surface area contributed by atoms with Gasteiger partial charge in [-0.05, 0) is 25.7 Å². The summed E-state index contributed by atoms with van der Waals surface area (Å²) in [4.78, 5) is 23.2. The van der Waals surface area contributed by atoms with Gasteiger partial charge in [0.25, 0.3) is 0 Å². The minimum absolute atomic E-state index is 0.0880. The Bertz CT molecular complexity index is 523. The monoisotopic (exact) mass is 312 g/mol. The average molecular weight is 312 g/mol. The van der Waals surface area contributed by atoms with E-state index in [0.29, 0.717) is 25.2 Å². The summed E-state index contributed by atoms with van der Waals surface area (Å²) in [7, 11) is 0. The molecule has 1 aliphatic rings. The molecule has 2 atom stereocenters. The second kappa shape index (κ2) is 7.75. The van der Waals surface area contributed by atoms with E-state index in [1.807, 2.05) is 6.92 Å². The number of aromatic nitrogens is 1. The lowest BCUT2D eigenvalue weighted by Crippen LogP contribution is -2.35. The zero-order valence-corrected chi connectivity index (χ0v) is 13.6. The third kappa shape index (κ3) is 4.68. The number of amides is 1. The summed E-state index contributed by atoms with van der Waals surface area (Å²) < 4.78 is 7.34. The topological polar surface area (TPSA) is 60.3 Å². The summed E-state index contributed by atoms with van der Waals surface area (Å²) in [6, 6.07) is 0. The molecule has 2 rings (SSSR count). The molecular weight excluding hydrogens is 288 g/mol. The van der Waals surface area contributed by atoms with Gasteiger partial charge in [-0.2, -0.15) is 0 Å². The predicted octanol–water partition coefficient (Wildman–Crippen LogP) is 1.93. The molecule has 1 fully saturated rings. The van der Waals surface area contributed by atoms with Crippen LogP contribution in [-0.4, -0.2) is 29.7 Å². The van der Waals surface area contributed by atoms with Gasteiger partial charge in [0.05, 0.1) is 12.7 Å². The van der Waals surface area contributed by atoms with E-state index in [4.69, 9.17) is 4.74 Å². The fraction of sp³-hybridized carbons (Fsp3) is 0.733.